The lowest BCUT2D eigenvalue weighted by atomic mass is 9.87. The van der Waals surface area contributed by atoms with Crippen LogP contribution >= 0.6 is 23.2 Å². The highest BCUT2D eigenvalue weighted by Gasteiger charge is 2.20. The number of carbonyl (C=O) groups excluding carboxylic acids is 1. The number of aliphatic hydroxyl groups excluding tert-OH is 1. The van der Waals surface area contributed by atoms with E-state index in [2.05, 4.69) is 10.6 Å². The molecule has 0 saturated heterocycles. The number of nitrogens with one attached hydrogen (secondary N) is 2. The van der Waals surface area contributed by atoms with Gasteiger partial charge in [0.2, 0.25) is 0 Å². The topological polar surface area (TPSA) is 61.4 Å². The standard InChI is InChI=1S/C14H18Cl2N2O2/c15-12-5-4-10(7-13(12)16)18-14(20)17-8-9-2-1-3-11(19)6-9/h4-5,7,9,11,19H,1-3,6,8H2,(H2,17,18,20). The summed E-state index contributed by atoms with van der Waals surface area (Å²) in [4.78, 5) is 11.8. The third kappa shape index (κ3) is 4.54. The number of benzene rings is 1. The highest BCUT2D eigenvalue weighted by atomic mass is 35.5. The van der Waals surface area contributed by atoms with Crippen LogP contribution in [-0.2, 0) is 0 Å². The average Bonchev–Trinajstić information content (AvgIpc) is 2.41. The first-order valence-electron chi connectivity index (χ1n) is 6.72. The number of hydrogen-bond donors (Lipinski definition) is 3. The monoisotopic (exact) mass is 316 g/mol. The third-order valence-corrected chi connectivity index (χ3v) is 4.22. The summed E-state index contributed by atoms with van der Waals surface area (Å²) in [6.07, 6.45) is 3.46. The van der Waals surface area contributed by atoms with E-state index in [-0.39, 0.29) is 12.1 Å². The molecule has 0 bridgehead atoms. The van der Waals surface area contributed by atoms with Crippen molar-refractivity contribution in [1.29, 1.82) is 0 Å². The van der Waals surface area contributed by atoms with Crippen LogP contribution in [0.25, 0.3) is 0 Å². The fraction of sp³-hybridized carbons (Fsp3) is 0.500. The Balaban J connectivity index is 1.78. The molecule has 3 N–H and O–H groups in total. The van der Waals surface area contributed by atoms with Crippen LogP contribution in [0, 0.1) is 5.92 Å². The Morgan fingerprint density at radius 3 is 2.80 bits per heavy atom. The van der Waals surface area contributed by atoms with E-state index in [9.17, 15) is 9.90 Å². The number of urea groups is 1. The Hall–Kier alpha value is -0.970. The number of amides is 2. The summed E-state index contributed by atoms with van der Waals surface area (Å²) >= 11 is 11.7. The Morgan fingerprint density at radius 2 is 2.10 bits per heavy atom. The maximum Gasteiger partial charge on any atom is 0.319 e. The van der Waals surface area contributed by atoms with Crippen molar-refractivity contribution in [3.05, 3.63) is 28.2 Å². The van der Waals surface area contributed by atoms with Crippen molar-refractivity contribution >= 4 is 34.9 Å². The fourth-order valence-corrected chi connectivity index (χ4v) is 2.73. The van der Waals surface area contributed by atoms with E-state index in [1.165, 1.54) is 0 Å². The molecule has 1 aromatic rings. The van der Waals surface area contributed by atoms with Gasteiger partial charge in [0.15, 0.2) is 0 Å². The number of anilines is 1. The summed E-state index contributed by atoms with van der Waals surface area (Å²) in [7, 11) is 0. The molecule has 2 amide bonds. The number of carbonyl (C=O) groups is 1. The zero-order chi connectivity index (χ0) is 14.5. The maximum atomic E-state index is 11.8. The maximum absolute atomic E-state index is 11.8. The molecule has 1 aliphatic rings. The minimum absolute atomic E-state index is 0.228. The van der Waals surface area contributed by atoms with Gasteiger partial charge in [-0.25, -0.2) is 4.79 Å². The highest BCUT2D eigenvalue weighted by Crippen LogP contribution is 2.25. The van der Waals surface area contributed by atoms with E-state index >= 15 is 0 Å². The van der Waals surface area contributed by atoms with Crippen LogP contribution in [0.4, 0.5) is 10.5 Å². The Morgan fingerprint density at radius 1 is 1.30 bits per heavy atom. The molecule has 20 heavy (non-hydrogen) atoms. The molecule has 1 fully saturated rings. The van der Waals surface area contributed by atoms with Crippen LogP contribution in [0.1, 0.15) is 25.7 Å². The number of rotatable bonds is 3. The zero-order valence-corrected chi connectivity index (χ0v) is 12.5. The van der Waals surface area contributed by atoms with Gasteiger partial charge in [-0.2, -0.15) is 0 Å². The second-order valence-electron chi connectivity index (χ2n) is 5.15. The highest BCUT2D eigenvalue weighted by molar-refractivity contribution is 6.42. The molecule has 1 aliphatic carbocycles. The van der Waals surface area contributed by atoms with E-state index in [0.717, 1.165) is 25.7 Å². The predicted molar refractivity (Wildman–Crippen MR) is 81.4 cm³/mol. The zero-order valence-electron chi connectivity index (χ0n) is 11.0. The van der Waals surface area contributed by atoms with Crippen LogP contribution in [-0.4, -0.2) is 23.8 Å². The summed E-state index contributed by atoms with van der Waals surface area (Å²) in [5, 5.41) is 16.0. The molecule has 0 spiro atoms. The third-order valence-electron chi connectivity index (χ3n) is 3.48. The van der Waals surface area contributed by atoms with Crippen molar-refractivity contribution in [3.8, 4) is 0 Å². The molecule has 2 rings (SSSR count). The lowest BCUT2D eigenvalue weighted by Crippen LogP contribution is -2.35. The Labute approximate surface area is 128 Å². The second-order valence-corrected chi connectivity index (χ2v) is 5.96. The summed E-state index contributed by atoms with van der Waals surface area (Å²) in [6.45, 7) is 0.574. The number of aliphatic hydroxyl groups is 1. The normalized spacial score (nSPS) is 22.4. The number of halogens is 2. The van der Waals surface area contributed by atoms with E-state index in [0.29, 0.717) is 28.2 Å². The molecule has 110 valence electrons. The molecule has 0 heterocycles. The lowest BCUT2D eigenvalue weighted by molar-refractivity contribution is 0.101. The van der Waals surface area contributed by atoms with Crippen molar-refractivity contribution in [1.82, 2.24) is 5.32 Å². The molecule has 2 atom stereocenters. The Kier molecular flexibility index (Phi) is 5.52. The molecule has 0 radical (unpaired) electrons. The van der Waals surface area contributed by atoms with Gasteiger partial charge in [-0.3, -0.25) is 0 Å². The van der Waals surface area contributed by atoms with E-state index in [1.54, 1.807) is 18.2 Å². The summed E-state index contributed by atoms with van der Waals surface area (Å²) < 4.78 is 0. The van der Waals surface area contributed by atoms with Crippen LogP contribution in [0.3, 0.4) is 0 Å². The van der Waals surface area contributed by atoms with Crippen LogP contribution in [0.5, 0.6) is 0 Å². The van der Waals surface area contributed by atoms with Gasteiger partial charge >= 0.3 is 6.03 Å². The molecule has 0 aliphatic heterocycles. The molecule has 1 saturated carbocycles. The summed E-state index contributed by atoms with van der Waals surface area (Å²) in [5.74, 6) is 0.346. The molecular weight excluding hydrogens is 299 g/mol. The first kappa shape index (κ1) is 15.4. The molecule has 4 nitrogen and oxygen atoms in total. The smallest absolute Gasteiger partial charge is 0.319 e. The minimum atomic E-state index is -0.275. The van der Waals surface area contributed by atoms with Crippen LogP contribution in [0.2, 0.25) is 10.0 Å². The van der Waals surface area contributed by atoms with E-state index in [4.69, 9.17) is 23.2 Å². The van der Waals surface area contributed by atoms with Crippen molar-refractivity contribution in [3.63, 3.8) is 0 Å². The van der Waals surface area contributed by atoms with Crippen LogP contribution in [0.15, 0.2) is 18.2 Å². The molecule has 1 aromatic carbocycles. The van der Waals surface area contributed by atoms with Gasteiger partial charge in [0, 0.05) is 12.2 Å². The van der Waals surface area contributed by atoms with Crippen LogP contribution < -0.4 is 10.6 Å². The number of hydrogen-bond acceptors (Lipinski definition) is 2. The van der Waals surface area contributed by atoms with Crippen molar-refractivity contribution in [2.24, 2.45) is 5.92 Å². The minimum Gasteiger partial charge on any atom is -0.393 e. The van der Waals surface area contributed by atoms with E-state index < -0.39 is 0 Å². The molecular formula is C14H18Cl2N2O2. The van der Waals surface area contributed by atoms with Gasteiger partial charge in [-0.1, -0.05) is 29.6 Å². The molecule has 0 aromatic heterocycles. The van der Waals surface area contributed by atoms with Gasteiger partial charge in [-0.05, 0) is 43.4 Å². The molecule has 2 unspecified atom stereocenters. The summed E-state index contributed by atoms with van der Waals surface area (Å²) in [6, 6.07) is 4.66. The SMILES string of the molecule is O=C(NCC1CCCC(O)C1)Nc1ccc(Cl)c(Cl)c1. The fourth-order valence-electron chi connectivity index (χ4n) is 2.43. The summed E-state index contributed by atoms with van der Waals surface area (Å²) in [5.41, 5.74) is 0.598. The van der Waals surface area contributed by atoms with E-state index in [1.807, 2.05) is 0 Å². The van der Waals surface area contributed by atoms with Crippen molar-refractivity contribution in [2.45, 2.75) is 31.8 Å². The Bertz CT molecular complexity index is 482. The second kappa shape index (κ2) is 7.16. The lowest BCUT2D eigenvalue weighted by Gasteiger charge is -2.25. The van der Waals surface area contributed by atoms with Gasteiger partial charge in [0.1, 0.15) is 0 Å². The average molecular weight is 317 g/mol. The first-order valence-corrected chi connectivity index (χ1v) is 7.48. The predicted octanol–water partition coefficient (Wildman–Crippen LogP) is 3.67. The van der Waals surface area contributed by atoms with Gasteiger partial charge < -0.3 is 15.7 Å². The molecule has 6 heteroatoms. The quantitative estimate of drug-likeness (QED) is 0.796. The first-order chi connectivity index (χ1) is 9.54. The van der Waals surface area contributed by atoms with Gasteiger partial charge in [0.05, 0.1) is 16.1 Å². The largest absolute Gasteiger partial charge is 0.393 e. The van der Waals surface area contributed by atoms with Gasteiger partial charge in [0.25, 0.3) is 0 Å². The van der Waals surface area contributed by atoms with Crippen molar-refractivity contribution < 1.29 is 9.90 Å². The van der Waals surface area contributed by atoms with Gasteiger partial charge in [-0.15, -0.1) is 0 Å². The van der Waals surface area contributed by atoms with Crippen molar-refractivity contribution in [2.75, 3.05) is 11.9 Å².